The van der Waals surface area contributed by atoms with Crippen LogP contribution >= 0.6 is 0 Å². The third-order valence-electron chi connectivity index (χ3n) is 10.1. The summed E-state index contributed by atoms with van der Waals surface area (Å²) in [7, 11) is 4.60. The van der Waals surface area contributed by atoms with Crippen molar-refractivity contribution in [3.63, 3.8) is 0 Å². The second-order valence-electron chi connectivity index (χ2n) is 13.2. The maximum Gasteiger partial charge on any atom is 0.0284 e. The van der Waals surface area contributed by atoms with Gasteiger partial charge in [-0.3, -0.25) is 4.90 Å². The molecule has 2 saturated heterocycles. The number of rotatable bonds is 10. The monoisotopic (exact) mass is 610 g/mol. The first-order valence-corrected chi connectivity index (χ1v) is 17.6. The molecule has 2 nitrogen and oxygen atoms in total. The molecular weight excluding hydrogens is 556 g/mol. The molecule has 0 spiro atoms. The molecule has 4 atom stereocenters. The van der Waals surface area contributed by atoms with Gasteiger partial charge < -0.3 is 4.90 Å². The number of nitrogens with zero attached hydrogens (tertiary/aromatic N) is 2. The summed E-state index contributed by atoms with van der Waals surface area (Å²) in [4.78, 5) is 5.18. The maximum absolute atomic E-state index is 2.68. The SMILES string of the molecule is CN1[C@@H](CCc2ccccc2)CCC[C@H]1CCc1ccccc1.CN1[C@H](/C=C/c2ccccc2)CCC[C@@H]1/C=C/c1ccccc1. The highest BCUT2D eigenvalue weighted by Crippen LogP contribution is 2.27. The Bertz CT molecular complexity index is 1320. The fraction of sp³-hybridized carbons (Fsp3) is 0.364. The van der Waals surface area contributed by atoms with Crippen LogP contribution in [0.3, 0.4) is 0 Å². The van der Waals surface area contributed by atoms with Crippen LogP contribution in [-0.2, 0) is 12.8 Å². The van der Waals surface area contributed by atoms with Crippen molar-refractivity contribution >= 4 is 12.2 Å². The second kappa shape index (κ2) is 18.4. The Hall–Kier alpha value is -3.72. The lowest BCUT2D eigenvalue weighted by molar-refractivity contribution is 0.103. The normalized spacial score (nSPS) is 22.5. The van der Waals surface area contributed by atoms with Crippen molar-refractivity contribution in [1.82, 2.24) is 9.80 Å². The summed E-state index contributed by atoms with van der Waals surface area (Å²) in [5.74, 6) is 0. The molecule has 0 aliphatic carbocycles. The van der Waals surface area contributed by atoms with E-state index in [2.05, 4.69) is 170 Å². The van der Waals surface area contributed by atoms with Crippen molar-refractivity contribution < 1.29 is 0 Å². The van der Waals surface area contributed by atoms with Crippen molar-refractivity contribution in [1.29, 1.82) is 0 Å². The van der Waals surface area contributed by atoms with Crippen LogP contribution < -0.4 is 0 Å². The molecule has 2 fully saturated rings. The van der Waals surface area contributed by atoms with Gasteiger partial charge in [0.05, 0.1) is 0 Å². The first kappa shape index (κ1) is 33.6. The average Bonchev–Trinajstić information content (AvgIpc) is 3.12. The molecule has 0 aromatic heterocycles. The van der Waals surface area contributed by atoms with Gasteiger partial charge >= 0.3 is 0 Å². The molecule has 0 radical (unpaired) electrons. The fourth-order valence-electron chi connectivity index (χ4n) is 7.17. The van der Waals surface area contributed by atoms with E-state index in [9.17, 15) is 0 Å². The molecule has 46 heavy (non-hydrogen) atoms. The largest absolute Gasteiger partial charge is 0.300 e. The van der Waals surface area contributed by atoms with Gasteiger partial charge in [0.25, 0.3) is 0 Å². The van der Waals surface area contributed by atoms with Crippen molar-refractivity contribution in [3.8, 4) is 0 Å². The second-order valence-corrected chi connectivity index (χ2v) is 13.2. The van der Waals surface area contributed by atoms with Gasteiger partial charge in [-0.2, -0.15) is 0 Å². The van der Waals surface area contributed by atoms with E-state index in [0.717, 1.165) is 12.1 Å². The number of hydrogen-bond acceptors (Lipinski definition) is 2. The van der Waals surface area contributed by atoms with Crippen LogP contribution in [0.1, 0.15) is 73.6 Å². The van der Waals surface area contributed by atoms with E-state index in [0.29, 0.717) is 12.1 Å². The highest BCUT2D eigenvalue weighted by atomic mass is 15.2. The minimum Gasteiger partial charge on any atom is -0.300 e. The number of hydrogen-bond donors (Lipinski definition) is 0. The molecule has 0 saturated carbocycles. The van der Waals surface area contributed by atoms with Crippen molar-refractivity contribution in [2.75, 3.05) is 14.1 Å². The summed E-state index contributed by atoms with van der Waals surface area (Å²) in [6, 6.07) is 45.6. The highest BCUT2D eigenvalue weighted by Gasteiger charge is 2.27. The smallest absolute Gasteiger partial charge is 0.0284 e. The standard InChI is InChI=1S/C22H29N.C22H25N/c2*1-23-21(17-15-19-9-4-2-5-10-19)13-8-14-22(23)18-16-20-11-6-3-7-12-20/h2-7,9-12,21-22H,8,13-18H2,1H3;2-7,9-12,15-18,21-22H,8,13-14H2,1H3/b;17-15+,18-16+/t2*21-,22+. The Labute approximate surface area is 279 Å². The minimum absolute atomic E-state index is 0.523. The Morgan fingerprint density at radius 3 is 1.26 bits per heavy atom. The predicted octanol–water partition coefficient (Wildman–Crippen LogP) is 10.4. The minimum atomic E-state index is 0.523. The summed E-state index contributed by atoms with van der Waals surface area (Å²) >= 11 is 0. The van der Waals surface area contributed by atoms with Crippen LogP contribution in [0, 0.1) is 0 Å². The number of piperidine rings is 2. The van der Waals surface area contributed by atoms with Gasteiger partial charge in [-0.25, -0.2) is 0 Å². The molecule has 2 heterocycles. The van der Waals surface area contributed by atoms with Crippen molar-refractivity contribution in [2.24, 2.45) is 0 Å². The van der Waals surface area contributed by atoms with Crippen LogP contribution in [0.5, 0.6) is 0 Å². The Balaban J connectivity index is 0.000000181. The zero-order valence-electron chi connectivity index (χ0n) is 28.1. The van der Waals surface area contributed by atoms with E-state index in [1.807, 2.05) is 0 Å². The summed E-state index contributed by atoms with van der Waals surface area (Å²) in [5, 5.41) is 0. The van der Waals surface area contributed by atoms with Gasteiger partial charge in [0.2, 0.25) is 0 Å². The van der Waals surface area contributed by atoms with Gasteiger partial charge in [0.15, 0.2) is 0 Å². The quantitative estimate of drug-likeness (QED) is 0.176. The van der Waals surface area contributed by atoms with E-state index >= 15 is 0 Å². The van der Waals surface area contributed by atoms with Crippen LogP contribution in [0.2, 0.25) is 0 Å². The van der Waals surface area contributed by atoms with E-state index in [-0.39, 0.29) is 0 Å². The molecule has 0 bridgehead atoms. The Morgan fingerprint density at radius 1 is 0.478 bits per heavy atom. The van der Waals surface area contributed by atoms with E-state index < -0.39 is 0 Å². The van der Waals surface area contributed by atoms with Crippen molar-refractivity contribution in [3.05, 3.63) is 156 Å². The highest BCUT2D eigenvalue weighted by molar-refractivity contribution is 5.51. The molecule has 2 heteroatoms. The fourth-order valence-corrected chi connectivity index (χ4v) is 7.17. The Kier molecular flexibility index (Phi) is 13.5. The van der Waals surface area contributed by atoms with Crippen LogP contribution in [0.25, 0.3) is 12.2 Å². The molecular formula is C44H54N2. The van der Waals surface area contributed by atoms with E-state index in [4.69, 9.17) is 0 Å². The third kappa shape index (κ3) is 10.7. The van der Waals surface area contributed by atoms with Crippen LogP contribution in [0.15, 0.2) is 133 Å². The summed E-state index contributed by atoms with van der Waals surface area (Å²) in [5.41, 5.74) is 5.52. The summed E-state index contributed by atoms with van der Waals surface area (Å²) in [6.45, 7) is 0. The molecule has 4 aromatic rings. The lowest BCUT2D eigenvalue weighted by Gasteiger charge is -2.40. The molecule has 2 aliphatic heterocycles. The van der Waals surface area contributed by atoms with Gasteiger partial charge in [0, 0.05) is 24.2 Å². The van der Waals surface area contributed by atoms with Gasteiger partial charge in [-0.15, -0.1) is 0 Å². The van der Waals surface area contributed by atoms with Crippen molar-refractivity contribution in [2.45, 2.75) is 88.4 Å². The molecule has 240 valence electrons. The number of benzene rings is 4. The predicted molar refractivity (Wildman–Crippen MR) is 199 cm³/mol. The molecule has 0 N–H and O–H groups in total. The molecule has 6 rings (SSSR count). The van der Waals surface area contributed by atoms with E-state index in [1.54, 1.807) is 0 Å². The molecule has 2 aliphatic rings. The maximum atomic E-state index is 2.68. The van der Waals surface area contributed by atoms with Crippen LogP contribution in [-0.4, -0.2) is 48.1 Å². The molecule has 0 unspecified atom stereocenters. The molecule has 0 amide bonds. The number of aryl methyl sites for hydroxylation is 2. The zero-order chi connectivity index (χ0) is 31.8. The van der Waals surface area contributed by atoms with E-state index in [1.165, 1.54) is 86.5 Å². The third-order valence-corrected chi connectivity index (χ3v) is 10.1. The zero-order valence-corrected chi connectivity index (χ0v) is 28.1. The number of likely N-dealkylation sites (tertiary alicyclic amines) is 2. The average molecular weight is 611 g/mol. The van der Waals surface area contributed by atoms with Gasteiger partial charge in [0.1, 0.15) is 0 Å². The molecule has 4 aromatic carbocycles. The Morgan fingerprint density at radius 2 is 0.848 bits per heavy atom. The summed E-state index contributed by atoms with van der Waals surface area (Å²) in [6.07, 6.45) is 22.1. The lowest BCUT2D eigenvalue weighted by atomic mass is 9.89. The first-order valence-electron chi connectivity index (χ1n) is 17.6. The van der Waals surface area contributed by atoms with Gasteiger partial charge in [-0.1, -0.05) is 152 Å². The van der Waals surface area contributed by atoms with Gasteiger partial charge in [-0.05, 0) is 94.1 Å². The van der Waals surface area contributed by atoms with Crippen LogP contribution in [0.4, 0.5) is 0 Å². The first-order chi connectivity index (χ1) is 22.7. The number of likely N-dealkylation sites (N-methyl/N-ethyl adjacent to an activating group) is 1. The topological polar surface area (TPSA) is 6.48 Å². The summed E-state index contributed by atoms with van der Waals surface area (Å²) < 4.78 is 0. The lowest BCUT2D eigenvalue weighted by Crippen LogP contribution is -2.44.